The fraction of sp³-hybridized carbons (Fsp3) is 0.125. The molecule has 0 saturated carbocycles. The zero-order chi connectivity index (χ0) is 22.7. The fourth-order valence-electron chi connectivity index (χ4n) is 3.35. The van der Waals surface area contributed by atoms with E-state index >= 15 is 0 Å². The molecule has 0 bridgehead atoms. The van der Waals surface area contributed by atoms with Gasteiger partial charge >= 0.3 is 6.18 Å². The monoisotopic (exact) mass is 455 g/mol. The van der Waals surface area contributed by atoms with Gasteiger partial charge in [0.15, 0.2) is 16.8 Å². The predicted octanol–water partition coefficient (Wildman–Crippen LogP) is 6.34. The summed E-state index contributed by atoms with van der Waals surface area (Å²) >= 11 is 6.22. The van der Waals surface area contributed by atoms with Crippen molar-refractivity contribution in [3.8, 4) is 0 Å². The summed E-state index contributed by atoms with van der Waals surface area (Å²) in [6.45, 7) is 0.530. The second-order valence-electron chi connectivity index (χ2n) is 7.24. The van der Waals surface area contributed by atoms with E-state index in [2.05, 4.69) is 15.5 Å². The van der Waals surface area contributed by atoms with E-state index in [0.29, 0.717) is 28.7 Å². The Labute approximate surface area is 187 Å². The first-order valence-electron chi connectivity index (χ1n) is 9.74. The molecule has 0 aliphatic carbocycles. The van der Waals surface area contributed by atoms with Crippen LogP contribution in [0.25, 0.3) is 10.8 Å². The van der Waals surface area contributed by atoms with Gasteiger partial charge in [0.25, 0.3) is 0 Å². The topological polar surface area (TPSA) is 54.9 Å². The van der Waals surface area contributed by atoms with E-state index in [1.54, 1.807) is 18.2 Å². The Hall–Kier alpha value is -3.45. The first-order valence-corrected chi connectivity index (χ1v) is 10.1. The molecule has 0 radical (unpaired) electrons. The number of carbonyl (C=O) groups is 1. The summed E-state index contributed by atoms with van der Waals surface area (Å²) in [6, 6.07) is 19.4. The molecule has 0 aliphatic heterocycles. The summed E-state index contributed by atoms with van der Waals surface area (Å²) in [5.41, 5.74) is 0.895. The van der Waals surface area contributed by atoms with Crippen LogP contribution < -0.4 is 5.32 Å². The number of hydrogen-bond donors (Lipinski definition) is 1. The van der Waals surface area contributed by atoms with Crippen molar-refractivity contribution in [1.82, 2.24) is 10.2 Å². The third kappa shape index (κ3) is 4.89. The van der Waals surface area contributed by atoms with E-state index < -0.39 is 11.7 Å². The van der Waals surface area contributed by atoms with Crippen molar-refractivity contribution in [1.29, 1.82) is 0 Å². The minimum atomic E-state index is -4.46. The van der Waals surface area contributed by atoms with Crippen LogP contribution in [0.15, 0.2) is 72.8 Å². The van der Waals surface area contributed by atoms with Gasteiger partial charge in [-0.2, -0.15) is 13.2 Å². The predicted molar refractivity (Wildman–Crippen MR) is 118 cm³/mol. The van der Waals surface area contributed by atoms with Gasteiger partial charge in [-0.25, -0.2) is 0 Å². The Balaban J connectivity index is 1.58. The van der Waals surface area contributed by atoms with Crippen molar-refractivity contribution in [2.75, 3.05) is 5.32 Å². The Morgan fingerprint density at radius 2 is 1.62 bits per heavy atom. The molecule has 1 aromatic heterocycles. The number of aromatic nitrogens is 2. The molecule has 0 saturated heterocycles. The van der Waals surface area contributed by atoms with Gasteiger partial charge in [0.1, 0.15) is 0 Å². The highest BCUT2D eigenvalue weighted by molar-refractivity contribution is 6.34. The lowest BCUT2D eigenvalue weighted by Crippen LogP contribution is -2.08. The molecule has 32 heavy (non-hydrogen) atoms. The molecule has 0 amide bonds. The third-order valence-corrected chi connectivity index (χ3v) is 5.26. The molecular weight excluding hydrogens is 439 g/mol. The van der Waals surface area contributed by atoms with Gasteiger partial charge in [0.05, 0.1) is 5.56 Å². The van der Waals surface area contributed by atoms with Gasteiger partial charge in [-0.15, -0.1) is 10.2 Å². The number of Topliss-reactive ketones (excluding diaryl/α,β-unsaturated/α-hetero) is 1. The van der Waals surface area contributed by atoms with Crippen molar-refractivity contribution in [3.05, 3.63) is 100 Å². The maximum Gasteiger partial charge on any atom is 0.416 e. The zero-order valence-electron chi connectivity index (χ0n) is 16.7. The van der Waals surface area contributed by atoms with Gasteiger partial charge in [0, 0.05) is 29.3 Å². The van der Waals surface area contributed by atoms with Gasteiger partial charge in [-0.3, -0.25) is 4.79 Å². The fourth-order valence-corrected chi connectivity index (χ4v) is 3.55. The molecular formula is C24H17ClF3N3O. The molecule has 1 N–H and O–H groups in total. The second-order valence-corrected chi connectivity index (χ2v) is 7.60. The van der Waals surface area contributed by atoms with Gasteiger partial charge in [0.2, 0.25) is 0 Å². The molecule has 0 fully saturated rings. The Morgan fingerprint density at radius 1 is 0.875 bits per heavy atom. The molecule has 8 heteroatoms. The normalized spacial score (nSPS) is 11.5. The molecule has 4 rings (SSSR count). The van der Waals surface area contributed by atoms with Crippen LogP contribution in [0.3, 0.4) is 0 Å². The minimum Gasteiger partial charge on any atom is -0.364 e. The van der Waals surface area contributed by atoms with Gasteiger partial charge in [-0.1, -0.05) is 66.2 Å². The number of benzene rings is 3. The van der Waals surface area contributed by atoms with Crippen LogP contribution in [0.2, 0.25) is 5.15 Å². The second kappa shape index (κ2) is 8.96. The van der Waals surface area contributed by atoms with E-state index in [9.17, 15) is 18.0 Å². The highest BCUT2D eigenvalue weighted by atomic mass is 35.5. The Kier molecular flexibility index (Phi) is 6.10. The molecule has 3 aromatic carbocycles. The first kappa shape index (κ1) is 21.8. The summed E-state index contributed by atoms with van der Waals surface area (Å²) in [7, 11) is 0. The summed E-state index contributed by atoms with van der Waals surface area (Å²) in [6.07, 6.45) is -4.62. The van der Waals surface area contributed by atoms with E-state index in [4.69, 9.17) is 11.6 Å². The lowest BCUT2D eigenvalue weighted by Gasteiger charge is -2.11. The van der Waals surface area contributed by atoms with Gasteiger partial charge in [-0.05, 0) is 29.3 Å². The van der Waals surface area contributed by atoms with Crippen molar-refractivity contribution in [2.24, 2.45) is 0 Å². The van der Waals surface area contributed by atoms with Crippen molar-refractivity contribution < 1.29 is 18.0 Å². The number of halogens is 4. The molecule has 1 heterocycles. The quantitative estimate of drug-likeness (QED) is 0.345. The molecule has 162 valence electrons. The van der Waals surface area contributed by atoms with Gasteiger partial charge < -0.3 is 5.32 Å². The SMILES string of the molecule is O=C(Cc1cccc(C(F)(F)F)c1)c1ccc2c(NCc3ccccc3)nnc(Cl)c2c1. The maximum absolute atomic E-state index is 12.9. The molecule has 0 unspecified atom stereocenters. The number of hydrogen-bond acceptors (Lipinski definition) is 4. The molecule has 4 aromatic rings. The van der Waals surface area contributed by atoms with E-state index in [1.165, 1.54) is 12.1 Å². The van der Waals surface area contributed by atoms with Crippen LogP contribution in [0, 0.1) is 0 Å². The number of ketones is 1. The molecule has 0 aliphatic rings. The lowest BCUT2D eigenvalue weighted by atomic mass is 9.99. The van der Waals surface area contributed by atoms with Crippen LogP contribution in [0.4, 0.5) is 19.0 Å². The minimum absolute atomic E-state index is 0.138. The number of rotatable bonds is 6. The van der Waals surface area contributed by atoms with Crippen LogP contribution in [-0.2, 0) is 19.1 Å². The van der Waals surface area contributed by atoms with E-state index in [1.807, 2.05) is 30.3 Å². The van der Waals surface area contributed by atoms with Crippen molar-refractivity contribution >= 4 is 34.0 Å². The average molecular weight is 456 g/mol. The zero-order valence-corrected chi connectivity index (χ0v) is 17.4. The van der Waals surface area contributed by atoms with Crippen LogP contribution in [0.1, 0.15) is 27.0 Å². The molecule has 4 nitrogen and oxygen atoms in total. The number of nitrogens with one attached hydrogen (secondary N) is 1. The summed E-state index contributed by atoms with van der Waals surface area (Å²) < 4.78 is 38.8. The molecule has 0 atom stereocenters. The first-order chi connectivity index (χ1) is 15.3. The largest absolute Gasteiger partial charge is 0.416 e. The van der Waals surface area contributed by atoms with Crippen LogP contribution in [0.5, 0.6) is 0 Å². The average Bonchev–Trinajstić information content (AvgIpc) is 2.79. The summed E-state index contributed by atoms with van der Waals surface area (Å²) in [4.78, 5) is 12.7. The standard InChI is InChI=1S/C24H17ClF3N3O/c25-22-20-13-17(21(32)12-16-7-4-8-18(11-16)24(26,27)28)9-10-19(20)23(31-30-22)29-14-15-5-2-1-3-6-15/h1-11,13H,12,14H2,(H,29,31). The number of anilines is 1. The molecule has 0 spiro atoms. The van der Waals surface area contributed by atoms with Crippen LogP contribution in [-0.4, -0.2) is 16.0 Å². The highest BCUT2D eigenvalue weighted by Gasteiger charge is 2.30. The Bertz CT molecular complexity index is 1280. The van der Waals surface area contributed by atoms with Crippen molar-refractivity contribution in [3.63, 3.8) is 0 Å². The van der Waals surface area contributed by atoms with Crippen molar-refractivity contribution in [2.45, 2.75) is 19.1 Å². The van der Waals surface area contributed by atoms with Crippen LogP contribution >= 0.6 is 11.6 Å². The third-order valence-electron chi connectivity index (χ3n) is 4.98. The smallest absolute Gasteiger partial charge is 0.364 e. The number of nitrogens with zero attached hydrogens (tertiary/aromatic N) is 2. The summed E-state index contributed by atoms with van der Waals surface area (Å²) in [5.74, 6) is 0.197. The van der Waals surface area contributed by atoms with E-state index in [0.717, 1.165) is 17.7 Å². The number of fused-ring (bicyclic) bond motifs is 1. The Morgan fingerprint density at radius 3 is 2.38 bits per heavy atom. The maximum atomic E-state index is 12.9. The highest BCUT2D eigenvalue weighted by Crippen LogP contribution is 2.30. The number of alkyl halides is 3. The number of carbonyl (C=O) groups excluding carboxylic acids is 1. The summed E-state index contributed by atoms with van der Waals surface area (Å²) in [5, 5.41) is 12.7. The van der Waals surface area contributed by atoms with E-state index in [-0.39, 0.29) is 22.9 Å². The lowest BCUT2D eigenvalue weighted by molar-refractivity contribution is -0.137.